The second kappa shape index (κ2) is 8.14. The standard InChI is InChI=1S/C17H32N2O2/c1-4-18-9-7-16(8-10-18)21-13-17(20)19-11-5-15(6-12-19)14(2)3/h14-16H,4-13H2,1-3H3. The maximum absolute atomic E-state index is 12.2. The maximum Gasteiger partial charge on any atom is 0.248 e. The lowest BCUT2D eigenvalue weighted by Gasteiger charge is -2.35. The van der Waals surface area contributed by atoms with Crippen LogP contribution in [0.5, 0.6) is 0 Å². The highest BCUT2D eigenvalue weighted by atomic mass is 16.5. The van der Waals surface area contributed by atoms with E-state index in [4.69, 9.17) is 4.74 Å². The molecule has 2 rings (SSSR count). The molecule has 4 heteroatoms. The number of carbonyl (C=O) groups is 1. The smallest absolute Gasteiger partial charge is 0.248 e. The summed E-state index contributed by atoms with van der Waals surface area (Å²) in [4.78, 5) is 16.7. The minimum absolute atomic E-state index is 0.190. The summed E-state index contributed by atoms with van der Waals surface area (Å²) in [6.07, 6.45) is 4.72. The Morgan fingerprint density at radius 3 is 2.24 bits per heavy atom. The predicted molar refractivity (Wildman–Crippen MR) is 85.2 cm³/mol. The van der Waals surface area contributed by atoms with Crippen LogP contribution in [0.1, 0.15) is 46.5 Å². The van der Waals surface area contributed by atoms with Crippen molar-refractivity contribution in [3.05, 3.63) is 0 Å². The van der Waals surface area contributed by atoms with E-state index in [0.717, 1.165) is 70.2 Å². The lowest BCUT2D eigenvalue weighted by molar-refractivity contribution is -0.140. The van der Waals surface area contributed by atoms with Crippen LogP contribution in [0.4, 0.5) is 0 Å². The van der Waals surface area contributed by atoms with Crippen LogP contribution in [-0.4, -0.2) is 61.1 Å². The number of piperidine rings is 2. The van der Waals surface area contributed by atoms with E-state index in [1.54, 1.807) is 0 Å². The van der Waals surface area contributed by atoms with Gasteiger partial charge in [0.05, 0.1) is 6.10 Å². The lowest BCUT2D eigenvalue weighted by atomic mass is 9.87. The van der Waals surface area contributed by atoms with Crippen LogP contribution in [0.25, 0.3) is 0 Å². The van der Waals surface area contributed by atoms with Crippen molar-refractivity contribution in [1.29, 1.82) is 0 Å². The average molecular weight is 296 g/mol. The Hall–Kier alpha value is -0.610. The number of ether oxygens (including phenoxy) is 1. The van der Waals surface area contributed by atoms with Crippen molar-refractivity contribution in [1.82, 2.24) is 9.80 Å². The molecule has 21 heavy (non-hydrogen) atoms. The molecular formula is C17H32N2O2. The van der Waals surface area contributed by atoms with Crippen molar-refractivity contribution in [3.63, 3.8) is 0 Å². The fraction of sp³-hybridized carbons (Fsp3) is 0.941. The molecule has 0 saturated carbocycles. The Morgan fingerprint density at radius 2 is 1.71 bits per heavy atom. The molecule has 0 aromatic carbocycles. The average Bonchev–Trinajstić information content (AvgIpc) is 2.53. The van der Waals surface area contributed by atoms with Gasteiger partial charge >= 0.3 is 0 Å². The number of nitrogens with zero attached hydrogens (tertiary/aromatic N) is 2. The molecule has 0 atom stereocenters. The molecule has 2 fully saturated rings. The summed E-state index contributed by atoms with van der Waals surface area (Å²) in [6, 6.07) is 0. The lowest BCUT2D eigenvalue weighted by Crippen LogP contribution is -2.43. The summed E-state index contributed by atoms with van der Waals surface area (Å²) in [6.45, 7) is 12.2. The fourth-order valence-corrected chi connectivity index (χ4v) is 3.49. The van der Waals surface area contributed by atoms with E-state index < -0.39 is 0 Å². The Kier molecular flexibility index (Phi) is 6.49. The van der Waals surface area contributed by atoms with Crippen molar-refractivity contribution < 1.29 is 9.53 Å². The largest absolute Gasteiger partial charge is 0.368 e. The third-order valence-corrected chi connectivity index (χ3v) is 5.26. The van der Waals surface area contributed by atoms with Crippen LogP contribution in [-0.2, 0) is 9.53 Å². The first kappa shape index (κ1) is 16.8. The predicted octanol–water partition coefficient (Wildman–Crippen LogP) is 2.38. The molecule has 0 N–H and O–H groups in total. The minimum Gasteiger partial charge on any atom is -0.368 e. The topological polar surface area (TPSA) is 32.8 Å². The van der Waals surface area contributed by atoms with Crippen molar-refractivity contribution in [2.45, 2.75) is 52.6 Å². The summed E-state index contributed by atoms with van der Waals surface area (Å²) >= 11 is 0. The molecule has 0 aromatic rings. The van der Waals surface area contributed by atoms with E-state index >= 15 is 0 Å². The summed E-state index contributed by atoms with van der Waals surface area (Å²) in [7, 11) is 0. The molecule has 0 radical (unpaired) electrons. The van der Waals surface area contributed by atoms with Crippen LogP contribution in [0, 0.1) is 11.8 Å². The van der Waals surface area contributed by atoms with Crippen LogP contribution >= 0.6 is 0 Å². The van der Waals surface area contributed by atoms with Gasteiger partial charge in [0.15, 0.2) is 0 Å². The molecule has 0 spiro atoms. The zero-order valence-electron chi connectivity index (χ0n) is 14.0. The van der Waals surface area contributed by atoms with Crippen LogP contribution in [0.2, 0.25) is 0 Å². The zero-order chi connectivity index (χ0) is 15.2. The third-order valence-electron chi connectivity index (χ3n) is 5.26. The molecule has 4 nitrogen and oxygen atoms in total. The molecule has 2 aliphatic heterocycles. The SMILES string of the molecule is CCN1CCC(OCC(=O)N2CCC(C(C)C)CC2)CC1. The van der Waals surface area contributed by atoms with E-state index in [0.29, 0.717) is 0 Å². The van der Waals surface area contributed by atoms with Crippen molar-refractivity contribution in [2.24, 2.45) is 11.8 Å². The summed E-state index contributed by atoms with van der Waals surface area (Å²) < 4.78 is 5.85. The summed E-state index contributed by atoms with van der Waals surface area (Å²) in [5.41, 5.74) is 0. The summed E-state index contributed by atoms with van der Waals surface area (Å²) in [5, 5.41) is 0. The molecule has 0 aromatic heterocycles. The van der Waals surface area contributed by atoms with Gasteiger partial charge in [-0.1, -0.05) is 20.8 Å². The Labute approximate surface area is 129 Å². The highest BCUT2D eigenvalue weighted by Crippen LogP contribution is 2.24. The molecule has 0 bridgehead atoms. The van der Waals surface area contributed by atoms with Crippen LogP contribution in [0.3, 0.4) is 0 Å². The van der Waals surface area contributed by atoms with E-state index in [1.165, 1.54) is 0 Å². The molecule has 2 heterocycles. The highest BCUT2D eigenvalue weighted by Gasteiger charge is 2.25. The molecule has 1 amide bonds. The minimum atomic E-state index is 0.190. The number of amides is 1. The Morgan fingerprint density at radius 1 is 1.10 bits per heavy atom. The number of likely N-dealkylation sites (tertiary alicyclic amines) is 2. The van der Waals surface area contributed by atoms with E-state index in [2.05, 4.69) is 25.7 Å². The monoisotopic (exact) mass is 296 g/mol. The number of rotatable bonds is 5. The van der Waals surface area contributed by atoms with Gasteiger partial charge in [0, 0.05) is 26.2 Å². The van der Waals surface area contributed by atoms with Gasteiger partial charge < -0.3 is 14.5 Å². The van der Waals surface area contributed by atoms with Crippen molar-refractivity contribution >= 4 is 5.91 Å². The Balaban J connectivity index is 1.64. The zero-order valence-corrected chi connectivity index (χ0v) is 14.0. The van der Waals surface area contributed by atoms with Crippen molar-refractivity contribution in [2.75, 3.05) is 39.3 Å². The third kappa shape index (κ3) is 4.96. The van der Waals surface area contributed by atoms with E-state index in [9.17, 15) is 4.79 Å². The molecule has 2 saturated heterocycles. The van der Waals surface area contributed by atoms with Gasteiger partial charge in [-0.15, -0.1) is 0 Å². The van der Waals surface area contributed by atoms with Crippen LogP contribution < -0.4 is 0 Å². The van der Waals surface area contributed by atoms with Gasteiger partial charge in [-0.3, -0.25) is 4.79 Å². The Bertz CT molecular complexity index is 317. The first-order chi connectivity index (χ1) is 10.1. The quantitative estimate of drug-likeness (QED) is 0.781. The molecule has 122 valence electrons. The second-order valence-corrected chi connectivity index (χ2v) is 6.91. The van der Waals surface area contributed by atoms with Gasteiger partial charge in [-0.2, -0.15) is 0 Å². The van der Waals surface area contributed by atoms with Gasteiger partial charge in [0.2, 0.25) is 5.91 Å². The van der Waals surface area contributed by atoms with Gasteiger partial charge in [0.1, 0.15) is 6.61 Å². The van der Waals surface area contributed by atoms with E-state index in [1.807, 2.05) is 4.90 Å². The number of hydrogen-bond acceptors (Lipinski definition) is 3. The molecular weight excluding hydrogens is 264 g/mol. The number of hydrogen-bond donors (Lipinski definition) is 0. The van der Waals surface area contributed by atoms with Crippen molar-refractivity contribution in [3.8, 4) is 0 Å². The maximum atomic E-state index is 12.2. The first-order valence-corrected chi connectivity index (χ1v) is 8.71. The highest BCUT2D eigenvalue weighted by molar-refractivity contribution is 5.77. The number of carbonyl (C=O) groups excluding carboxylic acids is 1. The normalized spacial score (nSPS) is 23.0. The first-order valence-electron chi connectivity index (χ1n) is 8.71. The van der Waals surface area contributed by atoms with Crippen LogP contribution in [0.15, 0.2) is 0 Å². The van der Waals surface area contributed by atoms with Gasteiger partial charge in [-0.05, 0) is 44.1 Å². The van der Waals surface area contributed by atoms with Gasteiger partial charge in [-0.25, -0.2) is 0 Å². The van der Waals surface area contributed by atoms with Gasteiger partial charge in [0.25, 0.3) is 0 Å². The molecule has 2 aliphatic rings. The fourth-order valence-electron chi connectivity index (χ4n) is 3.49. The van der Waals surface area contributed by atoms with E-state index in [-0.39, 0.29) is 18.6 Å². The molecule has 0 unspecified atom stereocenters. The molecule has 0 aliphatic carbocycles. The second-order valence-electron chi connectivity index (χ2n) is 6.91. The summed E-state index contributed by atoms with van der Waals surface area (Å²) in [5.74, 6) is 1.71.